The fourth-order valence-electron chi connectivity index (χ4n) is 1.67. The third-order valence-electron chi connectivity index (χ3n) is 2.75. The Bertz CT molecular complexity index is 353. The zero-order chi connectivity index (χ0) is 14.3. The monoisotopic (exact) mass is 267 g/mol. The minimum absolute atomic E-state index is 0.0585. The molecule has 0 saturated heterocycles. The number of nitrogens with one attached hydrogen (secondary N) is 1. The summed E-state index contributed by atoms with van der Waals surface area (Å²) >= 11 is 0. The van der Waals surface area contributed by atoms with Crippen molar-refractivity contribution in [2.45, 2.75) is 53.1 Å². The van der Waals surface area contributed by atoms with Crippen LogP contribution in [0.3, 0.4) is 0 Å². The van der Waals surface area contributed by atoms with Gasteiger partial charge >= 0.3 is 0 Å². The van der Waals surface area contributed by atoms with Gasteiger partial charge in [0.05, 0.1) is 11.7 Å². The molecule has 0 fully saturated rings. The molecule has 0 bridgehead atoms. The van der Waals surface area contributed by atoms with Crippen LogP contribution < -0.4 is 5.32 Å². The summed E-state index contributed by atoms with van der Waals surface area (Å²) in [7, 11) is 0. The summed E-state index contributed by atoms with van der Waals surface area (Å²) < 4.78 is 7.55. The second kappa shape index (κ2) is 7.65. The lowest BCUT2D eigenvalue weighted by molar-refractivity contribution is 0.108. The summed E-state index contributed by atoms with van der Waals surface area (Å²) in [6, 6.07) is 0. The summed E-state index contributed by atoms with van der Waals surface area (Å²) in [5.41, 5.74) is 1.29. The standard InChI is InChI=1S/C15H29N3O/c1-13(2)12-19-8-6-7-16-9-14-10-17-18(11-14)15(3,4)5/h10-11,13,16H,6-9,12H2,1-5H3. The number of hydrogen-bond donors (Lipinski definition) is 1. The largest absolute Gasteiger partial charge is 0.381 e. The summed E-state index contributed by atoms with van der Waals surface area (Å²) in [5.74, 6) is 0.621. The molecule has 0 radical (unpaired) electrons. The molecule has 0 aliphatic rings. The van der Waals surface area contributed by atoms with E-state index >= 15 is 0 Å². The van der Waals surface area contributed by atoms with E-state index in [0.717, 1.165) is 32.7 Å². The molecule has 1 aromatic heterocycles. The molecule has 0 aliphatic heterocycles. The fourth-order valence-corrected chi connectivity index (χ4v) is 1.67. The van der Waals surface area contributed by atoms with Gasteiger partial charge in [0.15, 0.2) is 0 Å². The second-order valence-electron chi connectivity index (χ2n) is 6.46. The van der Waals surface area contributed by atoms with Crippen LogP contribution in [-0.2, 0) is 16.8 Å². The maximum absolute atomic E-state index is 5.54. The quantitative estimate of drug-likeness (QED) is 0.736. The summed E-state index contributed by atoms with van der Waals surface area (Å²) in [4.78, 5) is 0. The Labute approximate surface area is 117 Å². The number of rotatable bonds is 8. The predicted octanol–water partition coefficient (Wildman–Crippen LogP) is 2.79. The van der Waals surface area contributed by atoms with Gasteiger partial charge in [-0.3, -0.25) is 4.68 Å². The van der Waals surface area contributed by atoms with Crippen molar-refractivity contribution in [2.75, 3.05) is 19.8 Å². The van der Waals surface area contributed by atoms with Gasteiger partial charge < -0.3 is 10.1 Å². The van der Waals surface area contributed by atoms with Crippen molar-refractivity contribution in [1.29, 1.82) is 0 Å². The van der Waals surface area contributed by atoms with E-state index in [1.165, 1.54) is 5.56 Å². The summed E-state index contributed by atoms with van der Waals surface area (Å²) in [6.45, 7) is 14.4. The first-order valence-electron chi connectivity index (χ1n) is 7.22. The zero-order valence-electron chi connectivity index (χ0n) is 13.1. The molecule has 0 atom stereocenters. The van der Waals surface area contributed by atoms with Crippen molar-refractivity contribution in [3.05, 3.63) is 18.0 Å². The van der Waals surface area contributed by atoms with Crippen LogP contribution in [0, 0.1) is 5.92 Å². The van der Waals surface area contributed by atoms with Crippen LogP contribution in [0.4, 0.5) is 0 Å². The topological polar surface area (TPSA) is 39.1 Å². The Morgan fingerprint density at radius 2 is 2.11 bits per heavy atom. The summed E-state index contributed by atoms with van der Waals surface area (Å²) in [5, 5.41) is 7.81. The lowest BCUT2D eigenvalue weighted by Gasteiger charge is -2.18. The molecule has 0 aliphatic carbocycles. The molecule has 1 N–H and O–H groups in total. The highest BCUT2D eigenvalue weighted by Crippen LogP contribution is 2.12. The Balaban J connectivity index is 2.11. The number of hydrogen-bond acceptors (Lipinski definition) is 3. The molecule has 1 heterocycles. The molecule has 4 heteroatoms. The maximum atomic E-state index is 5.54. The van der Waals surface area contributed by atoms with Gasteiger partial charge in [0.2, 0.25) is 0 Å². The number of ether oxygens (including phenoxy) is 1. The van der Waals surface area contributed by atoms with E-state index in [1.807, 2.05) is 10.9 Å². The van der Waals surface area contributed by atoms with Gasteiger partial charge in [-0.2, -0.15) is 5.10 Å². The minimum atomic E-state index is 0.0585. The van der Waals surface area contributed by atoms with Gasteiger partial charge in [-0.05, 0) is 39.7 Å². The SMILES string of the molecule is CC(C)COCCCNCc1cnn(C(C)(C)C)c1. The Morgan fingerprint density at radius 3 is 2.68 bits per heavy atom. The average molecular weight is 267 g/mol. The van der Waals surface area contributed by atoms with Crippen molar-refractivity contribution < 1.29 is 4.74 Å². The first-order chi connectivity index (χ1) is 8.89. The van der Waals surface area contributed by atoms with E-state index in [-0.39, 0.29) is 5.54 Å². The van der Waals surface area contributed by atoms with Crippen molar-refractivity contribution in [1.82, 2.24) is 15.1 Å². The highest BCUT2D eigenvalue weighted by Gasteiger charge is 2.13. The Morgan fingerprint density at radius 1 is 1.37 bits per heavy atom. The molecule has 0 spiro atoms. The van der Waals surface area contributed by atoms with Crippen LogP contribution in [0.25, 0.3) is 0 Å². The second-order valence-corrected chi connectivity index (χ2v) is 6.46. The normalized spacial score (nSPS) is 12.3. The van der Waals surface area contributed by atoms with Crippen molar-refractivity contribution in [2.24, 2.45) is 5.92 Å². The molecule has 1 rings (SSSR count). The van der Waals surface area contributed by atoms with Crippen LogP contribution >= 0.6 is 0 Å². The first kappa shape index (κ1) is 16.2. The zero-order valence-corrected chi connectivity index (χ0v) is 13.1. The molecule has 0 aromatic carbocycles. The van der Waals surface area contributed by atoms with Gasteiger partial charge in [0.25, 0.3) is 0 Å². The van der Waals surface area contributed by atoms with Gasteiger partial charge in [-0.15, -0.1) is 0 Å². The molecular weight excluding hydrogens is 238 g/mol. The van der Waals surface area contributed by atoms with E-state index in [4.69, 9.17) is 4.74 Å². The highest BCUT2D eigenvalue weighted by molar-refractivity contribution is 5.04. The minimum Gasteiger partial charge on any atom is -0.381 e. The van der Waals surface area contributed by atoms with Gasteiger partial charge in [-0.1, -0.05) is 13.8 Å². The Hall–Kier alpha value is -0.870. The predicted molar refractivity (Wildman–Crippen MR) is 79.2 cm³/mol. The van der Waals surface area contributed by atoms with Crippen LogP contribution in [0.1, 0.15) is 46.6 Å². The molecule has 19 heavy (non-hydrogen) atoms. The number of aromatic nitrogens is 2. The molecule has 4 nitrogen and oxygen atoms in total. The van der Waals surface area contributed by atoms with E-state index in [0.29, 0.717) is 5.92 Å². The highest BCUT2D eigenvalue weighted by atomic mass is 16.5. The maximum Gasteiger partial charge on any atom is 0.0543 e. The molecule has 1 aromatic rings. The van der Waals surface area contributed by atoms with Crippen molar-refractivity contribution in [3.8, 4) is 0 Å². The van der Waals surface area contributed by atoms with E-state index in [2.05, 4.69) is 51.2 Å². The molecular formula is C15H29N3O. The fraction of sp³-hybridized carbons (Fsp3) is 0.800. The molecule has 110 valence electrons. The van der Waals surface area contributed by atoms with E-state index < -0.39 is 0 Å². The van der Waals surface area contributed by atoms with Crippen LogP contribution in [0.5, 0.6) is 0 Å². The summed E-state index contributed by atoms with van der Waals surface area (Å²) in [6.07, 6.45) is 5.11. The van der Waals surface area contributed by atoms with Crippen LogP contribution in [0.15, 0.2) is 12.4 Å². The molecule has 0 amide bonds. The van der Waals surface area contributed by atoms with Crippen LogP contribution in [-0.4, -0.2) is 29.5 Å². The van der Waals surface area contributed by atoms with Gasteiger partial charge in [0, 0.05) is 31.5 Å². The smallest absolute Gasteiger partial charge is 0.0543 e. The third-order valence-corrected chi connectivity index (χ3v) is 2.75. The molecule has 0 saturated carbocycles. The van der Waals surface area contributed by atoms with Crippen molar-refractivity contribution in [3.63, 3.8) is 0 Å². The van der Waals surface area contributed by atoms with E-state index in [1.54, 1.807) is 0 Å². The Kier molecular flexibility index (Phi) is 6.52. The first-order valence-corrected chi connectivity index (χ1v) is 7.22. The van der Waals surface area contributed by atoms with Crippen LogP contribution in [0.2, 0.25) is 0 Å². The van der Waals surface area contributed by atoms with Gasteiger partial charge in [-0.25, -0.2) is 0 Å². The lowest BCUT2D eigenvalue weighted by atomic mass is 10.1. The van der Waals surface area contributed by atoms with Gasteiger partial charge in [0.1, 0.15) is 0 Å². The third kappa shape index (κ3) is 6.73. The number of nitrogens with zero attached hydrogens (tertiary/aromatic N) is 2. The molecule has 0 unspecified atom stereocenters. The average Bonchev–Trinajstić information content (AvgIpc) is 2.75. The lowest BCUT2D eigenvalue weighted by Crippen LogP contribution is -2.22. The van der Waals surface area contributed by atoms with E-state index in [9.17, 15) is 0 Å². The van der Waals surface area contributed by atoms with Crippen molar-refractivity contribution >= 4 is 0 Å².